The maximum Gasteiger partial charge on any atom is 0.299 e. The molecule has 1 radical (unpaired) electrons. The number of amides is 1. The van der Waals surface area contributed by atoms with Crippen LogP contribution in [0.1, 0.15) is 15.9 Å². The number of pyridine rings is 1. The second-order valence-corrected chi connectivity index (χ2v) is 9.41. The maximum atomic E-state index is 14.7. The molecule has 0 atom stereocenters. The van der Waals surface area contributed by atoms with Gasteiger partial charge in [-0.2, -0.15) is 9.61 Å². The predicted molar refractivity (Wildman–Crippen MR) is 119 cm³/mol. The molecule has 5 rings (SSSR count). The van der Waals surface area contributed by atoms with Gasteiger partial charge < -0.3 is 20.8 Å². The lowest BCUT2D eigenvalue weighted by atomic mass is 10.1. The third kappa shape index (κ3) is 3.73. The summed E-state index contributed by atoms with van der Waals surface area (Å²) in [6.45, 7) is 1.93. The highest BCUT2D eigenvalue weighted by Crippen LogP contribution is 2.35. The number of aromatic nitrogens is 4. The summed E-state index contributed by atoms with van der Waals surface area (Å²) in [5.41, 5.74) is 7.71. The minimum Gasteiger partial charge on any atom is -0.527 e. The Bertz CT molecular complexity index is 1390. The summed E-state index contributed by atoms with van der Waals surface area (Å²) in [6.07, 6.45) is 2.69. The average Bonchev–Trinajstić information content (AvgIpc) is 3.22. The molecule has 0 fully saturated rings. The van der Waals surface area contributed by atoms with Crippen molar-refractivity contribution < 1.29 is 18.0 Å². The molecule has 1 aromatic carbocycles. The van der Waals surface area contributed by atoms with Crippen LogP contribution in [0.3, 0.4) is 0 Å². The molecular formula is C21H18F2N7O2Si. The van der Waals surface area contributed by atoms with E-state index in [1.165, 1.54) is 22.8 Å². The van der Waals surface area contributed by atoms with Gasteiger partial charge in [0.05, 0.1) is 18.0 Å². The number of hydrogen-bond acceptors (Lipinski definition) is 7. The van der Waals surface area contributed by atoms with E-state index in [0.717, 1.165) is 6.20 Å². The van der Waals surface area contributed by atoms with E-state index in [1.54, 1.807) is 18.2 Å². The number of nitrogens with two attached hydrogens (primary N) is 1. The molecule has 0 saturated heterocycles. The minimum absolute atomic E-state index is 0.0736. The highest BCUT2D eigenvalue weighted by Gasteiger charge is 2.24. The van der Waals surface area contributed by atoms with Gasteiger partial charge in [0.2, 0.25) is 5.88 Å². The lowest BCUT2D eigenvalue weighted by Gasteiger charge is -2.17. The number of nitrogens with one attached hydrogen (secondary N) is 2. The molecule has 1 aliphatic heterocycles. The standard InChI is InChI=1S/C21H18F2N7O2Si/c1-33-10-27-20(31)14-9-28-30-17(24)16(13-4-2-3-5-15(13)23)18(29-19(14)30)25-7-11-6-12(22)8-26-21(11)32-33/h2-6,8-9H,7,10,24H2,1H3,(H,25,29)(H,27,31). The molecule has 1 amide bonds. The van der Waals surface area contributed by atoms with Crippen LogP contribution < -0.4 is 20.8 Å². The zero-order chi connectivity index (χ0) is 23.1. The van der Waals surface area contributed by atoms with E-state index in [9.17, 15) is 13.6 Å². The lowest BCUT2D eigenvalue weighted by molar-refractivity contribution is 0.0960. The highest BCUT2D eigenvalue weighted by atomic mass is 28.3. The quantitative estimate of drug-likeness (QED) is 0.369. The lowest BCUT2D eigenvalue weighted by Crippen LogP contribution is -2.37. The van der Waals surface area contributed by atoms with E-state index >= 15 is 0 Å². The minimum atomic E-state index is -1.54. The number of hydrogen-bond donors (Lipinski definition) is 3. The fourth-order valence-electron chi connectivity index (χ4n) is 3.60. The summed E-state index contributed by atoms with van der Waals surface area (Å²) in [5.74, 6) is -0.894. The molecule has 0 spiro atoms. The Hall–Kier alpha value is -4.06. The van der Waals surface area contributed by atoms with Crippen molar-refractivity contribution in [3.8, 4) is 17.0 Å². The van der Waals surface area contributed by atoms with Crippen LogP contribution in [0, 0.1) is 11.6 Å². The van der Waals surface area contributed by atoms with Gasteiger partial charge in [0.1, 0.15) is 28.8 Å². The molecule has 4 N–H and O–H groups in total. The van der Waals surface area contributed by atoms with E-state index in [1.807, 2.05) is 6.55 Å². The summed E-state index contributed by atoms with van der Waals surface area (Å²) in [6, 6.07) is 7.41. The van der Waals surface area contributed by atoms with E-state index in [0.29, 0.717) is 5.56 Å². The van der Waals surface area contributed by atoms with Crippen molar-refractivity contribution in [2.75, 3.05) is 17.2 Å². The Labute approximate surface area is 188 Å². The van der Waals surface area contributed by atoms with Gasteiger partial charge in [-0.05, 0) is 18.7 Å². The molecule has 9 nitrogen and oxygen atoms in total. The Morgan fingerprint density at radius 2 is 2.00 bits per heavy atom. The van der Waals surface area contributed by atoms with Crippen LogP contribution in [0.4, 0.5) is 20.4 Å². The fourth-order valence-corrected chi connectivity index (χ4v) is 4.60. The average molecular weight is 467 g/mol. The zero-order valence-corrected chi connectivity index (χ0v) is 18.4. The molecule has 0 aliphatic carbocycles. The number of benzene rings is 1. The summed E-state index contributed by atoms with van der Waals surface area (Å²) < 4.78 is 35.9. The van der Waals surface area contributed by atoms with Crippen LogP contribution in [0.15, 0.2) is 42.7 Å². The molecule has 2 bridgehead atoms. The third-order valence-corrected chi connectivity index (χ3v) is 6.39. The van der Waals surface area contributed by atoms with Crippen molar-refractivity contribution in [1.82, 2.24) is 24.9 Å². The van der Waals surface area contributed by atoms with Crippen molar-refractivity contribution in [2.45, 2.75) is 13.1 Å². The number of fused-ring (bicyclic) bond motifs is 2. The fraction of sp³-hybridized carbons (Fsp3) is 0.143. The van der Waals surface area contributed by atoms with Crippen LogP contribution in [0.25, 0.3) is 16.8 Å². The molecule has 3 aromatic heterocycles. The van der Waals surface area contributed by atoms with Crippen LogP contribution in [-0.2, 0) is 6.54 Å². The zero-order valence-electron chi connectivity index (χ0n) is 17.4. The topological polar surface area (TPSA) is 119 Å². The molecule has 12 heteroatoms. The second-order valence-electron chi connectivity index (χ2n) is 7.45. The highest BCUT2D eigenvalue weighted by molar-refractivity contribution is 6.51. The first kappa shape index (κ1) is 20.8. The van der Waals surface area contributed by atoms with Gasteiger partial charge in [0.25, 0.3) is 14.9 Å². The SMILES string of the molecule is C[Si]1CNC(=O)c2cnn3c(N)c(-c4ccccc4F)c(nc23)NCc2cc(F)cnc2O1. The molecule has 1 aliphatic rings. The van der Waals surface area contributed by atoms with E-state index in [2.05, 4.69) is 25.7 Å². The first-order chi connectivity index (χ1) is 15.9. The van der Waals surface area contributed by atoms with Crippen LogP contribution in [-0.4, -0.2) is 40.7 Å². The summed E-state index contributed by atoms with van der Waals surface area (Å²) >= 11 is 0. The Kier molecular flexibility index (Phi) is 5.13. The molecule has 33 heavy (non-hydrogen) atoms. The van der Waals surface area contributed by atoms with Gasteiger partial charge in [-0.25, -0.2) is 18.7 Å². The number of halogens is 2. The predicted octanol–water partition coefficient (Wildman–Crippen LogP) is 2.55. The van der Waals surface area contributed by atoms with Gasteiger partial charge in [-0.3, -0.25) is 4.79 Å². The molecule has 4 heterocycles. The van der Waals surface area contributed by atoms with E-state index in [-0.39, 0.29) is 52.6 Å². The number of nitrogens with zero attached hydrogens (tertiary/aromatic N) is 4. The van der Waals surface area contributed by atoms with Crippen molar-refractivity contribution in [1.29, 1.82) is 0 Å². The van der Waals surface area contributed by atoms with E-state index < -0.39 is 26.6 Å². The number of carbonyl (C=O) groups excluding carboxylic acids is 1. The Morgan fingerprint density at radius 3 is 2.82 bits per heavy atom. The molecular weight excluding hydrogens is 448 g/mol. The first-order valence-corrected chi connectivity index (χ1v) is 12.1. The van der Waals surface area contributed by atoms with Crippen molar-refractivity contribution in [3.63, 3.8) is 0 Å². The Balaban J connectivity index is 1.73. The van der Waals surface area contributed by atoms with Gasteiger partial charge >= 0.3 is 0 Å². The van der Waals surface area contributed by atoms with Gasteiger partial charge in [0.15, 0.2) is 5.65 Å². The third-order valence-electron chi connectivity index (χ3n) is 5.18. The summed E-state index contributed by atoms with van der Waals surface area (Å²) in [5, 5.41) is 10.1. The molecule has 0 saturated carbocycles. The normalized spacial score (nSPS) is 14.5. The molecule has 4 aromatic rings. The van der Waals surface area contributed by atoms with Gasteiger partial charge in [-0.1, -0.05) is 18.2 Å². The monoisotopic (exact) mass is 466 g/mol. The van der Waals surface area contributed by atoms with Crippen LogP contribution >= 0.6 is 0 Å². The molecule has 167 valence electrons. The van der Waals surface area contributed by atoms with Gasteiger partial charge in [-0.15, -0.1) is 0 Å². The number of anilines is 2. The summed E-state index contributed by atoms with van der Waals surface area (Å²) in [7, 11) is -1.54. The van der Waals surface area contributed by atoms with Crippen LogP contribution in [0.5, 0.6) is 5.88 Å². The largest absolute Gasteiger partial charge is 0.527 e. The maximum absolute atomic E-state index is 14.7. The van der Waals surface area contributed by atoms with Crippen molar-refractivity contribution in [2.24, 2.45) is 0 Å². The van der Waals surface area contributed by atoms with Crippen molar-refractivity contribution in [3.05, 3.63) is 65.5 Å². The summed E-state index contributed by atoms with van der Waals surface area (Å²) in [4.78, 5) is 21.4. The molecule has 0 unspecified atom stereocenters. The van der Waals surface area contributed by atoms with Crippen molar-refractivity contribution >= 4 is 32.2 Å². The first-order valence-electron chi connectivity index (χ1n) is 10.0. The van der Waals surface area contributed by atoms with Gasteiger partial charge in [0, 0.05) is 23.8 Å². The number of carbonyl (C=O) groups is 1. The van der Waals surface area contributed by atoms with Crippen LogP contribution in [0.2, 0.25) is 6.55 Å². The second kappa shape index (κ2) is 8.13. The Morgan fingerprint density at radius 1 is 1.18 bits per heavy atom. The number of nitrogen functional groups attached to an aromatic ring is 1. The van der Waals surface area contributed by atoms with E-state index in [4.69, 9.17) is 10.2 Å². The number of rotatable bonds is 1. The smallest absolute Gasteiger partial charge is 0.299 e.